The number of hydrogen-bond acceptors (Lipinski definition) is 1. The summed E-state index contributed by atoms with van der Waals surface area (Å²) in [5.74, 6) is 0.985. The Morgan fingerprint density at radius 2 is 1.79 bits per heavy atom. The third kappa shape index (κ3) is 3.95. The standard InChI is InChI=1S/C30H32F3N/c1-18-5-10-23-22(15-18)16-21(9-7-20-8-14-27(34-17-20)30(31,32)33)28-24(23)12-13-26-25(28)11-6-19(2)29(26,3)4/h5,8,10,12-15,17,19,21H,6-7,9,11,16H2,1-4H3. The summed E-state index contributed by atoms with van der Waals surface area (Å²) in [7, 11) is 0. The highest BCUT2D eigenvalue weighted by atomic mass is 19.4. The molecule has 2 atom stereocenters. The molecule has 0 fully saturated rings. The van der Waals surface area contributed by atoms with E-state index < -0.39 is 11.9 Å². The van der Waals surface area contributed by atoms with Crippen molar-refractivity contribution < 1.29 is 13.2 Å². The van der Waals surface area contributed by atoms with Crippen LogP contribution in [-0.4, -0.2) is 4.98 Å². The summed E-state index contributed by atoms with van der Waals surface area (Å²) in [6.07, 6.45) is 1.89. The van der Waals surface area contributed by atoms with Gasteiger partial charge in [-0.15, -0.1) is 0 Å². The number of fused-ring (bicyclic) bond motifs is 5. The van der Waals surface area contributed by atoms with Crippen molar-refractivity contribution in [3.05, 3.63) is 87.7 Å². The van der Waals surface area contributed by atoms with Crippen LogP contribution in [0.4, 0.5) is 13.2 Å². The summed E-state index contributed by atoms with van der Waals surface area (Å²) in [5, 5.41) is 0. The summed E-state index contributed by atoms with van der Waals surface area (Å²) < 4.78 is 38.8. The van der Waals surface area contributed by atoms with Crippen LogP contribution >= 0.6 is 0 Å². The Bertz CT molecular complexity index is 1220. The maximum atomic E-state index is 12.9. The van der Waals surface area contributed by atoms with Crippen LogP contribution in [0.3, 0.4) is 0 Å². The fourth-order valence-corrected chi connectivity index (χ4v) is 6.08. The molecule has 3 aromatic rings. The lowest BCUT2D eigenvalue weighted by Gasteiger charge is -2.42. The van der Waals surface area contributed by atoms with Crippen LogP contribution in [0.25, 0.3) is 11.1 Å². The average Bonchev–Trinajstić information content (AvgIpc) is 2.79. The molecule has 0 aliphatic heterocycles. The van der Waals surface area contributed by atoms with Gasteiger partial charge in [0, 0.05) is 6.20 Å². The molecule has 0 saturated carbocycles. The van der Waals surface area contributed by atoms with E-state index in [0.29, 0.717) is 11.8 Å². The molecular weight excluding hydrogens is 431 g/mol. The third-order valence-corrected chi connectivity index (χ3v) is 8.43. The van der Waals surface area contributed by atoms with Crippen molar-refractivity contribution in [2.24, 2.45) is 5.92 Å². The summed E-state index contributed by atoms with van der Waals surface area (Å²) in [5.41, 5.74) is 9.98. The van der Waals surface area contributed by atoms with E-state index in [1.54, 1.807) is 6.07 Å². The molecule has 178 valence electrons. The van der Waals surface area contributed by atoms with Gasteiger partial charge in [-0.1, -0.05) is 62.7 Å². The quantitative estimate of drug-likeness (QED) is 0.381. The zero-order chi connectivity index (χ0) is 24.3. The normalized spacial score (nSPS) is 20.9. The smallest absolute Gasteiger partial charge is 0.252 e. The van der Waals surface area contributed by atoms with Gasteiger partial charge in [0.1, 0.15) is 5.69 Å². The van der Waals surface area contributed by atoms with Crippen LogP contribution in [0, 0.1) is 12.8 Å². The minimum Gasteiger partial charge on any atom is -0.252 e. The van der Waals surface area contributed by atoms with Gasteiger partial charge < -0.3 is 0 Å². The first kappa shape index (κ1) is 23.1. The second-order valence-corrected chi connectivity index (χ2v) is 10.9. The Balaban J connectivity index is 1.53. The fraction of sp³-hybridized carbons (Fsp3) is 0.433. The van der Waals surface area contributed by atoms with Crippen molar-refractivity contribution in [2.75, 3.05) is 0 Å². The number of aromatic nitrogens is 1. The monoisotopic (exact) mass is 463 g/mol. The van der Waals surface area contributed by atoms with Crippen molar-refractivity contribution in [3.63, 3.8) is 0 Å². The number of hydrogen-bond donors (Lipinski definition) is 0. The molecule has 0 amide bonds. The number of halogens is 3. The molecule has 0 radical (unpaired) electrons. The van der Waals surface area contributed by atoms with E-state index in [0.717, 1.165) is 37.3 Å². The second kappa shape index (κ2) is 8.25. The van der Waals surface area contributed by atoms with Gasteiger partial charge >= 0.3 is 6.18 Å². The van der Waals surface area contributed by atoms with E-state index in [4.69, 9.17) is 0 Å². The average molecular weight is 464 g/mol. The summed E-state index contributed by atoms with van der Waals surface area (Å²) >= 11 is 0. The second-order valence-electron chi connectivity index (χ2n) is 10.9. The van der Waals surface area contributed by atoms with Crippen LogP contribution < -0.4 is 0 Å². The molecule has 0 N–H and O–H groups in total. The van der Waals surface area contributed by atoms with Gasteiger partial charge in [-0.05, 0) is 101 Å². The minimum atomic E-state index is -4.40. The number of rotatable bonds is 3. The van der Waals surface area contributed by atoms with Crippen molar-refractivity contribution in [1.82, 2.24) is 4.98 Å². The zero-order valence-corrected chi connectivity index (χ0v) is 20.4. The molecule has 2 aliphatic rings. The van der Waals surface area contributed by atoms with Crippen LogP contribution in [0.5, 0.6) is 0 Å². The van der Waals surface area contributed by atoms with Gasteiger partial charge in [-0.3, -0.25) is 4.98 Å². The molecule has 2 unspecified atom stereocenters. The van der Waals surface area contributed by atoms with Crippen molar-refractivity contribution in [1.29, 1.82) is 0 Å². The van der Waals surface area contributed by atoms with Crippen molar-refractivity contribution >= 4 is 0 Å². The molecule has 1 aromatic heterocycles. The maximum Gasteiger partial charge on any atom is 0.433 e. The Morgan fingerprint density at radius 3 is 2.50 bits per heavy atom. The summed E-state index contributed by atoms with van der Waals surface area (Å²) in [6.45, 7) is 9.22. The molecule has 34 heavy (non-hydrogen) atoms. The molecule has 5 rings (SSSR count). The number of nitrogens with zero attached hydrogens (tertiary/aromatic N) is 1. The predicted octanol–water partition coefficient (Wildman–Crippen LogP) is 8.21. The molecule has 1 nitrogen and oxygen atoms in total. The first-order chi connectivity index (χ1) is 16.1. The molecular formula is C30H32F3N. The Kier molecular flexibility index (Phi) is 5.61. The highest BCUT2D eigenvalue weighted by molar-refractivity contribution is 5.77. The Labute approximate surface area is 200 Å². The topological polar surface area (TPSA) is 12.9 Å². The first-order valence-electron chi connectivity index (χ1n) is 12.3. The molecule has 0 spiro atoms. The number of pyridine rings is 1. The largest absolute Gasteiger partial charge is 0.433 e. The molecule has 2 aliphatic carbocycles. The van der Waals surface area contributed by atoms with Gasteiger partial charge in [0.05, 0.1) is 0 Å². The van der Waals surface area contributed by atoms with Crippen LogP contribution in [0.15, 0.2) is 48.7 Å². The van der Waals surface area contributed by atoms with Crippen LogP contribution in [0.2, 0.25) is 0 Å². The van der Waals surface area contributed by atoms with E-state index >= 15 is 0 Å². The van der Waals surface area contributed by atoms with Gasteiger partial charge in [-0.25, -0.2) is 0 Å². The maximum absolute atomic E-state index is 12.9. The lowest BCUT2D eigenvalue weighted by atomic mass is 9.62. The first-order valence-corrected chi connectivity index (χ1v) is 12.3. The fourth-order valence-electron chi connectivity index (χ4n) is 6.08. The van der Waals surface area contributed by atoms with E-state index in [1.165, 1.54) is 51.6 Å². The van der Waals surface area contributed by atoms with Crippen molar-refractivity contribution in [3.8, 4) is 11.1 Å². The highest BCUT2D eigenvalue weighted by Gasteiger charge is 2.38. The Morgan fingerprint density at radius 1 is 1.03 bits per heavy atom. The Hall–Kier alpha value is -2.62. The summed E-state index contributed by atoms with van der Waals surface area (Å²) in [4.78, 5) is 3.68. The molecule has 0 saturated heterocycles. The number of benzene rings is 2. The molecule has 2 aromatic carbocycles. The van der Waals surface area contributed by atoms with E-state index in [-0.39, 0.29) is 5.41 Å². The summed E-state index contributed by atoms with van der Waals surface area (Å²) in [6, 6.07) is 14.1. The predicted molar refractivity (Wildman–Crippen MR) is 131 cm³/mol. The third-order valence-electron chi connectivity index (χ3n) is 8.43. The zero-order valence-electron chi connectivity index (χ0n) is 20.4. The molecule has 4 heteroatoms. The minimum absolute atomic E-state index is 0.137. The molecule has 1 heterocycles. The SMILES string of the molecule is Cc1ccc2c(c1)CC(CCc1ccc(C(F)(F)F)nc1)c1c-2ccc2c1CCC(C)C2(C)C. The van der Waals surface area contributed by atoms with E-state index in [2.05, 4.69) is 63.0 Å². The van der Waals surface area contributed by atoms with Gasteiger partial charge in [0.2, 0.25) is 0 Å². The molecule has 0 bridgehead atoms. The number of aryl methyl sites for hydroxylation is 2. The van der Waals surface area contributed by atoms with Gasteiger partial charge in [0.25, 0.3) is 0 Å². The van der Waals surface area contributed by atoms with Crippen molar-refractivity contribution in [2.45, 2.75) is 77.3 Å². The van der Waals surface area contributed by atoms with Gasteiger partial charge in [-0.2, -0.15) is 13.2 Å². The highest BCUT2D eigenvalue weighted by Crippen LogP contribution is 2.50. The van der Waals surface area contributed by atoms with E-state index in [9.17, 15) is 13.2 Å². The van der Waals surface area contributed by atoms with Gasteiger partial charge in [0.15, 0.2) is 0 Å². The van der Waals surface area contributed by atoms with Crippen LogP contribution in [0.1, 0.15) is 78.6 Å². The van der Waals surface area contributed by atoms with E-state index in [1.807, 2.05) is 0 Å². The lowest BCUT2D eigenvalue weighted by Crippen LogP contribution is -2.33. The number of alkyl halides is 3. The lowest BCUT2D eigenvalue weighted by molar-refractivity contribution is -0.141. The van der Waals surface area contributed by atoms with Crippen LogP contribution in [-0.2, 0) is 30.9 Å².